The Morgan fingerprint density at radius 2 is 1.70 bits per heavy atom. The summed E-state index contributed by atoms with van der Waals surface area (Å²) in [5.74, 6) is -1.01. The summed E-state index contributed by atoms with van der Waals surface area (Å²) >= 11 is 0.996. The van der Waals surface area contributed by atoms with E-state index in [1.165, 1.54) is 18.2 Å². The number of carbonyl (C=O) groups excluding carboxylic acids is 2. The van der Waals surface area contributed by atoms with Crippen molar-refractivity contribution in [1.29, 1.82) is 0 Å². The number of ether oxygens (including phenoxy) is 2. The number of phenolic OH excluding ortho intramolecular Hbond substituents is 1. The van der Waals surface area contributed by atoms with Gasteiger partial charge in [-0.15, -0.1) is 13.2 Å². The smallest absolute Gasteiger partial charge is 0.506 e. The van der Waals surface area contributed by atoms with E-state index in [0.717, 1.165) is 28.0 Å². The van der Waals surface area contributed by atoms with Gasteiger partial charge in [-0.05, 0) is 66.8 Å². The van der Waals surface area contributed by atoms with Crippen LogP contribution in [0.3, 0.4) is 0 Å². The fourth-order valence-electron chi connectivity index (χ4n) is 6.19. The Balaban J connectivity index is 0.952. The van der Waals surface area contributed by atoms with Gasteiger partial charge in [-0.2, -0.15) is 0 Å². The Morgan fingerprint density at radius 3 is 2.47 bits per heavy atom. The van der Waals surface area contributed by atoms with Gasteiger partial charge in [-0.25, -0.2) is 4.79 Å². The third-order valence-electron chi connectivity index (χ3n) is 8.80. The van der Waals surface area contributed by atoms with E-state index in [2.05, 4.69) is 25.7 Å². The van der Waals surface area contributed by atoms with Crippen LogP contribution in [-0.2, 0) is 22.5 Å². The van der Waals surface area contributed by atoms with Gasteiger partial charge in [0.25, 0.3) is 0 Å². The minimum absolute atomic E-state index is 0.0187. The number of H-pyrrole nitrogens is 1. The highest BCUT2D eigenvalue weighted by atomic mass is 32.1. The minimum atomic E-state index is -4.97. The molecule has 0 radical (unpaired) electrons. The molecule has 1 fully saturated rings. The highest BCUT2D eigenvalue weighted by molar-refractivity contribution is 7.16. The molecule has 0 aliphatic carbocycles. The lowest BCUT2D eigenvalue weighted by atomic mass is 10.0. The van der Waals surface area contributed by atoms with E-state index in [1.807, 2.05) is 59.5 Å². The van der Waals surface area contributed by atoms with Crippen molar-refractivity contribution in [3.8, 4) is 22.6 Å². The third-order valence-corrected chi connectivity index (χ3v) is 9.75. The van der Waals surface area contributed by atoms with Crippen molar-refractivity contribution in [3.63, 3.8) is 0 Å². The van der Waals surface area contributed by atoms with E-state index in [-0.39, 0.29) is 35.4 Å². The number of anilines is 2. The minimum Gasteiger partial charge on any atom is -0.506 e. The van der Waals surface area contributed by atoms with Gasteiger partial charge in [0, 0.05) is 38.2 Å². The molecule has 0 unspecified atom stereocenters. The third kappa shape index (κ3) is 10.4. The number of alkyl halides is 3. The molecule has 5 aromatic rings. The second-order valence-electron chi connectivity index (χ2n) is 12.5. The molecule has 1 aromatic heterocycles. The average molecular weight is 750 g/mol. The molecule has 2 heterocycles. The second-order valence-corrected chi connectivity index (χ2v) is 13.5. The summed E-state index contributed by atoms with van der Waals surface area (Å²) in [7, 11) is 0. The molecular formula is C38H38F3N5O6S. The van der Waals surface area contributed by atoms with Crippen LogP contribution in [0, 0.1) is 0 Å². The fraction of sp³-hybridized carbons (Fsp3) is 0.289. The van der Waals surface area contributed by atoms with Crippen LogP contribution < -0.4 is 25.6 Å². The van der Waals surface area contributed by atoms with Gasteiger partial charge in [0.15, 0.2) is 5.75 Å². The second kappa shape index (κ2) is 17.0. The van der Waals surface area contributed by atoms with Crippen LogP contribution in [0.4, 0.5) is 29.3 Å². The molecule has 5 N–H and O–H groups in total. The number of hydrogen-bond donors (Lipinski definition) is 5. The van der Waals surface area contributed by atoms with Gasteiger partial charge in [-0.3, -0.25) is 14.9 Å². The van der Waals surface area contributed by atoms with Crippen LogP contribution in [0.5, 0.6) is 11.5 Å². The molecule has 0 atom stereocenters. The number of amides is 2. The molecule has 53 heavy (non-hydrogen) atoms. The lowest BCUT2D eigenvalue weighted by Gasteiger charge is -2.31. The summed E-state index contributed by atoms with van der Waals surface area (Å²) in [6.07, 6.45) is -4.12. The maximum Gasteiger partial charge on any atom is 0.573 e. The maximum absolute atomic E-state index is 13.3. The lowest BCUT2D eigenvalue weighted by Crippen LogP contribution is -2.39. The zero-order valence-corrected chi connectivity index (χ0v) is 29.3. The predicted octanol–water partition coefficient (Wildman–Crippen LogP) is 7.23. The van der Waals surface area contributed by atoms with E-state index in [9.17, 15) is 32.7 Å². The van der Waals surface area contributed by atoms with E-state index in [1.54, 1.807) is 12.1 Å². The monoisotopic (exact) mass is 749 g/mol. The van der Waals surface area contributed by atoms with Gasteiger partial charge in [-0.1, -0.05) is 72.0 Å². The summed E-state index contributed by atoms with van der Waals surface area (Å²) in [5.41, 5.74) is 4.11. The highest BCUT2D eigenvalue weighted by Gasteiger charge is 2.32. The van der Waals surface area contributed by atoms with Crippen LogP contribution in [-0.4, -0.2) is 65.6 Å². The van der Waals surface area contributed by atoms with Gasteiger partial charge in [0.05, 0.1) is 16.1 Å². The molecule has 15 heteroatoms. The number of carbonyl (C=O) groups is 2. The average Bonchev–Trinajstić information content (AvgIpc) is 3.54. The number of likely N-dealkylation sites (tertiary alicyclic amines) is 1. The topological polar surface area (TPSA) is 145 Å². The van der Waals surface area contributed by atoms with Crippen LogP contribution >= 0.6 is 11.3 Å². The summed E-state index contributed by atoms with van der Waals surface area (Å²) in [6.45, 7) is 2.20. The zero-order chi connectivity index (χ0) is 37.4. The molecule has 1 saturated heterocycles. The molecule has 0 bridgehead atoms. The number of fused-ring (bicyclic) bond motifs is 1. The lowest BCUT2D eigenvalue weighted by molar-refractivity contribution is -0.274. The zero-order valence-electron chi connectivity index (χ0n) is 28.5. The summed E-state index contributed by atoms with van der Waals surface area (Å²) in [4.78, 5) is 41.7. The fourth-order valence-corrected chi connectivity index (χ4v) is 7.09. The van der Waals surface area contributed by atoms with Gasteiger partial charge in [0.2, 0.25) is 5.91 Å². The Bertz CT molecular complexity index is 2100. The van der Waals surface area contributed by atoms with Gasteiger partial charge >= 0.3 is 17.3 Å². The van der Waals surface area contributed by atoms with Crippen molar-refractivity contribution in [3.05, 3.63) is 106 Å². The number of para-hydroxylation sites is 1. The first-order valence-corrected chi connectivity index (χ1v) is 17.9. The summed E-state index contributed by atoms with van der Waals surface area (Å²) < 4.78 is 50.5. The first-order valence-electron chi connectivity index (χ1n) is 17.1. The normalized spacial score (nSPS) is 13.9. The van der Waals surface area contributed by atoms with Crippen molar-refractivity contribution in [2.45, 2.75) is 44.7 Å². The first kappa shape index (κ1) is 37.4. The molecule has 1 aliphatic rings. The van der Waals surface area contributed by atoms with Crippen molar-refractivity contribution in [2.24, 2.45) is 0 Å². The number of hydrogen-bond acceptors (Lipinski definition) is 9. The largest absolute Gasteiger partial charge is 0.573 e. The van der Waals surface area contributed by atoms with Gasteiger partial charge in [0.1, 0.15) is 17.4 Å². The molecule has 11 nitrogen and oxygen atoms in total. The standard InChI is InChI=1S/C38H38F3N5O6S/c39-38(40,41)52-32-22-24(23-42-18-14-26-11-13-31(47)34-35(26)53-37(50)45-34)10-12-30(32)43-33(48)17-21-46-19-15-27(16-20-46)51-36(49)44-29-9-5-4-8-28(29)25-6-2-1-3-7-25/h1-13,22,27,42,47H,14-21,23H2,(H,43,48)(H,44,49)(H,45,50). The number of nitrogens with one attached hydrogen (secondary N) is 4. The number of thiazole rings is 1. The Morgan fingerprint density at radius 1 is 0.943 bits per heavy atom. The van der Waals surface area contributed by atoms with Crippen molar-refractivity contribution < 1.29 is 37.3 Å². The van der Waals surface area contributed by atoms with Crippen molar-refractivity contribution in [2.75, 3.05) is 36.8 Å². The molecular weight excluding hydrogens is 712 g/mol. The summed E-state index contributed by atoms with van der Waals surface area (Å²) in [6, 6.07) is 24.6. The highest BCUT2D eigenvalue weighted by Crippen LogP contribution is 2.32. The molecule has 0 spiro atoms. The molecule has 2 amide bonds. The predicted molar refractivity (Wildman–Crippen MR) is 197 cm³/mol. The number of rotatable bonds is 13. The van der Waals surface area contributed by atoms with E-state index >= 15 is 0 Å². The number of aromatic amines is 1. The number of nitrogens with zero attached hydrogens (tertiary/aromatic N) is 1. The van der Waals surface area contributed by atoms with Crippen molar-refractivity contribution in [1.82, 2.24) is 15.2 Å². The van der Waals surface area contributed by atoms with Crippen LogP contribution in [0.1, 0.15) is 30.4 Å². The Labute approximate surface area is 306 Å². The van der Waals surface area contributed by atoms with Crippen LogP contribution in [0.15, 0.2) is 89.7 Å². The summed E-state index contributed by atoms with van der Waals surface area (Å²) in [5, 5.41) is 18.6. The molecule has 1 aliphatic heterocycles. The molecule has 4 aromatic carbocycles. The van der Waals surface area contributed by atoms with E-state index in [4.69, 9.17) is 4.74 Å². The first-order chi connectivity index (χ1) is 25.5. The van der Waals surface area contributed by atoms with E-state index in [0.29, 0.717) is 66.9 Å². The van der Waals surface area contributed by atoms with Gasteiger partial charge < -0.3 is 35.1 Å². The quantitative estimate of drug-likeness (QED) is 0.0794. The SMILES string of the molecule is O=C(CCN1CCC(OC(=O)Nc2ccccc2-c2ccccc2)CC1)Nc1ccc(CNCCc2ccc(O)c3[nH]c(=O)sc23)cc1OC(F)(F)F. The van der Waals surface area contributed by atoms with Crippen LogP contribution in [0.2, 0.25) is 0 Å². The Kier molecular flexibility index (Phi) is 12.0. The number of piperidine rings is 1. The number of halogens is 3. The Hall–Kier alpha value is -5.38. The van der Waals surface area contributed by atoms with E-state index < -0.39 is 24.1 Å². The number of benzene rings is 4. The van der Waals surface area contributed by atoms with Crippen molar-refractivity contribution >= 4 is 44.9 Å². The number of aromatic nitrogens is 1. The molecule has 6 rings (SSSR count). The number of phenols is 1. The molecule has 278 valence electrons. The van der Waals surface area contributed by atoms with Crippen LogP contribution in [0.25, 0.3) is 21.3 Å². The number of aromatic hydroxyl groups is 1. The maximum atomic E-state index is 13.3. The molecule has 0 saturated carbocycles.